The van der Waals surface area contributed by atoms with Crippen LogP contribution in [0.1, 0.15) is 5.56 Å². The fourth-order valence-corrected chi connectivity index (χ4v) is 0.776. The molecule has 0 aliphatic heterocycles. The molecule has 6 nitrogen and oxygen atoms in total. The first-order valence-electron chi connectivity index (χ1n) is 3.61. The topological polar surface area (TPSA) is 105 Å². The normalized spacial score (nSPS) is 10.3. The molecule has 1 aromatic rings. The van der Waals surface area contributed by atoms with Crippen molar-refractivity contribution in [3.05, 3.63) is 23.8 Å². The highest BCUT2D eigenvalue weighted by atomic mass is 16.7. The molecule has 1 aromatic carbocycles. The van der Waals surface area contributed by atoms with Gasteiger partial charge in [0.1, 0.15) is 11.5 Å². The van der Waals surface area contributed by atoms with E-state index >= 15 is 0 Å². The van der Waals surface area contributed by atoms with Crippen LogP contribution in [-0.2, 0) is 4.84 Å². The van der Waals surface area contributed by atoms with Crippen LogP contribution in [0.5, 0.6) is 11.5 Å². The summed E-state index contributed by atoms with van der Waals surface area (Å²) >= 11 is 0. The molecule has 0 atom stereocenters. The first kappa shape index (κ1) is 9.85. The Kier molecular flexibility index (Phi) is 2.90. The Morgan fingerprint density at radius 1 is 1.50 bits per heavy atom. The number of primary amides is 1. The van der Waals surface area contributed by atoms with Gasteiger partial charge < -0.3 is 15.9 Å². The van der Waals surface area contributed by atoms with Crippen molar-refractivity contribution in [1.29, 1.82) is 0 Å². The highest BCUT2D eigenvalue weighted by Gasteiger charge is 1.99. The number of nitrogens with two attached hydrogens (primary N) is 1. The van der Waals surface area contributed by atoms with Crippen LogP contribution >= 0.6 is 0 Å². The summed E-state index contributed by atoms with van der Waals surface area (Å²) in [5, 5.41) is 21.4. The van der Waals surface area contributed by atoms with Crippen molar-refractivity contribution in [2.24, 2.45) is 10.9 Å². The average Bonchev–Trinajstić information content (AvgIpc) is 2.08. The van der Waals surface area contributed by atoms with E-state index in [2.05, 4.69) is 15.7 Å². The fraction of sp³-hybridized carbons (Fsp3) is 0. The van der Waals surface area contributed by atoms with Crippen LogP contribution in [0, 0.1) is 0 Å². The third-order valence-electron chi connectivity index (χ3n) is 1.35. The van der Waals surface area contributed by atoms with Crippen LogP contribution in [0.15, 0.2) is 23.4 Å². The van der Waals surface area contributed by atoms with Crippen molar-refractivity contribution in [2.75, 3.05) is 0 Å². The van der Waals surface area contributed by atoms with Gasteiger partial charge in [-0.3, -0.25) is 4.84 Å². The number of phenolic OH excluding ortho intramolecular Hbond substituents is 2. The number of carbonyl (C=O) groups is 1. The molecular weight excluding hydrogens is 188 g/mol. The smallest absolute Gasteiger partial charge is 0.430 e. The van der Waals surface area contributed by atoms with E-state index < -0.39 is 6.09 Å². The SMILES string of the molecule is NC(=O)O/N=C/c1ccc(O)cc1O. The van der Waals surface area contributed by atoms with Gasteiger partial charge in [-0.1, -0.05) is 5.16 Å². The van der Waals surface area contributed by atoms with Crippen molar-refractivity contribution in [2.45, 2.75) is 0 Å². The lowest BCUT2D eigenvalue weighted by atomic mass is 10.2. The zero-order chi connectivity index (χ0) is 10.6. The maximum atomic E-state index is 10.1. The predicted octanol–water partition coefficient (Wildman–Crippen LogP) is 0.527. The zero-order valence-corrected chi connectivity index (χ0v) is 7.04. The van der Waals surface area contributed by atoms with Crippen LogP contribution in [0.3, 0.4) is 0 Å². The molecule has 4 N–H and O–H groups in total. The van der Waals surface area contributed by atoms with Gasteiger partial charge in [0.15, 0.2) is 0 Å². The summed E-state index contributed by atoms with van der Waals surface area (Å²) in [4.78, 5) is 14.2. The molecule has 6 heteroatoms. The van der Waals surface area contributed by atoms with Gasteiger partial charge in [0, 0.05) is 11.6 Å². The number of rotatable bonds is 2. The van der Waals surface area contributed by atoms with Gasteiger partial charge in [0.05, 0.1) is 6.21 Å². The molecule has 0 fully saturated rings. The number of aromatic hydroxyl groups is 2. The first-order chi connectivity index (χ1) is 6.59. The van der Waals surface area contributed by atoms with E-state index in [1.54, 1.807) is 0 Å². The summed E-state index contributed by atoms with van der Waals surface area (Å²) in [6.07, 6.45) is 0.0546. The van der Waals surface area contributed by atoms with Gasteiger partial charge in [0.25, 0.3) is 0 Å². The Hall–Kier alpha value is -2.24. The molecule has 0 saturated heterocycles. The second-order valence-corrected chi connectivity index (χ2v) is 2.39. The minimum absolute atomic E-state index is 0.0736. The number of hydrogen-bond donors (Lipinski definition) is 3. The van der Waals surface area contributed by atoms with Gasteiger partial charge in [-0.05, 0) is 12.1 Å². The molecule has 1 rings (SSSR count). The summed E-state index contributed by atoms with van der Waals surface area (Å²) < 4.78 is 0. The van der Waals surface area contributed by atoms with Crippen molar-refractivity contribution < 1.29 is 19.8 Å². The summed E-state index contributed by atoms with van der Waals surface area (Å²) in [5.74, 6) is -0.253. The number of amides is 1. The second kappa shape index (κ2) is 4.13. The number of phenols is 2. The number of nitrogens with zero attached hydrogens (tertiary/aromatic N) is 1. The van der Waals surface area contributed by atoms with Crippen LogP contribution in [0.25, 0.3) is 0 Å². The van der Waals surface area contributed by atoms with Gasteiger partial charge in [-0.15, -0.1) is 0 Å². The first-order valence-corrected chi connectivity index (χ1v) is 3.61. The molecule has 0 saturated carbocycles. The van der Waals surface area contributed by atoms with E-state index in [1.165, 1.54) is 12.1 Å². The third kappa shape index (κ3) is 2.67. The zero-order valence-electron chi connectivity index (χ0n) is 7.04. The van der Waals surface area contributed by atoms with E-state index in [9.17, 15) is 9.90 Å². The maximum absolute atomic E-state index is 10.1. The fourth-order valence-electron chi connectivity index (χ4n) is 0.776. The van der Waals surface area contributed by atoms with Crippen molar-refractivity contribution >= 4 is 12.3 Å². The van der Waals surface area contributed by atoms with E-state index in [1.807, 2.05) is 0 Å². The quantitative estimate of drug-likeness (QED) is 0.364. The molecule has 0 aliphatic rings. The maximum Gasteiger partial charge on any atom is 0.430 e. The Labute approximate surface area is 79.2 Å². The molecule has 1 amide bonds. The molecule has 0 aromatic heterocycles. The van der Waals surface area contributed by atoms with E-state index in [-0.39, 0.29) is 11.5 Å². The Morgan fingerprint density at radius 3 is 2.79 bits per heavy atom. The molecule has 0 heterocycles. The second-order valence-electron chi connectivity index (χ2n) is 2.39. The molecule has 0 unspecified atom stereocenters. The number of hydrogen-bond acceptors (Lipinski definition) is 5. The Balaban J connectivity index is 2.76. The molecule has 0 bridgehead atoms. The lowest BCUT2D eigenvalue weighted by molar-refractivity contribution is 0.162. The monoisotopic (exact) mass is 196 g/mol. The van der Waals surface area contributed by atoms with Gasteiger partial charge in [-0.25, -0.2) is 4.79 Å². The van der Waals surface area contributed by atoms with Crippen LogP contribution in [0.2, 0.25) is 0 Å². The predicted molar refractivity (Wildman–Crippen MR) is 48.0 cm³/mol. The Morgan fingerprint density at radius 2 is 2.21 bits per heavy atom. The van der Waals surface area contributed by atoms with Gasteiger partial charge in [-0.2, -0.15) is 0 Å². The molecule has 0 spiro atoms. The average molecular weight is 196 g/mol. The van der Waals surface area contributed by atoms with E-state index in [4.69, 9.17) is 5.11 Å². The molecule has 74 valence electrons. The minimum atomic E-state index is -1.04. The van der Waals surface area contributed by atoms with Crippen molar-refractivity contribution in [3.63, 3.8) is 0 Å². The lowest BCUT2D eigenvalue weighted by Gasteiger charge is -1.98. The number of oxime groups is 1. The van der Waals surface area contributed by atoms with Crippen molar-refractivity contribution in [1.82, 2.24) is 0 Å². The molecule has 14 heavy (non-hydrogen) atoms. The molecular formula is C8H8N2O4. The molecule has 0 aliphatic carbocycles. The van der Waals surface area contributed by atoms with Crippen LogP contribution in [0.4, 0.5) is 4.79 Å². The van der Waals surface area contributed by atoms with E-state index in [0.717, 1.165) is 12.3 Å². The summed E-state index contributed by atoms with van der Waals surface area (Å²) in [6.45, 7) is 0. The van der Waals surface area contributed by atoms with Gasteiger partial charge in [0.2, 0.25) is 0 Å². The minimum Gasteiger partial charge on any atom is -0.508 e. The van der Waals surface area contributed by atoms with E-state index in [0.29, 0.717) is 5.56 Å². The summed E-state index contributed by atoms with van der Waals surface area (Å²) in [7, 11) is 0. The molecule has 0 radical (unpaired) electrons. The highest BCUT2D eigenvalue weighted by Crippen LogP contribution is 2.20. The lowest BCUT2D eigenvalue weighted by Crippen LogP contribution is -2.09. The number of benzene rings is 1. The number of carbonyl (C=O) groups excluding carboxylic acids is 1. The largest absolute Gasteiger partial charge is 0.508 e. The standard InChI is InChI=1S/C8H8N2O4/c9-8(13)14-10-4-5-1-2-6(11)3-7(5)12/h1-4,11-12H,(H2,9,13)/b10-4+. The van der Waals surface area contributed by atoms with Gasteiger partial charge >= 0.3 is 6.09 Å². The Bertz CT molecular complexity index is 376. The highest BCUT2D eigenvalue weighted by molar-refractivity contribution is 5.83. The van der Waals surface area contributed by atoms with Crippen LogP contribution in [-0.4, -0.2) is 22.5 Å². The van der Waals surface area contributed by atoms with Crippen LogP contribution < -0.4 is 5.73 Å². The third-order valence-corrected chi connectivity index (χ3v) is 1.35. The summed E-state index contributed by atoms with van der Waals surface area (Å²) in [5.41, 5.74) is 4.94. The summed E-state index contributed by atoms with van der Waals surface area (Å²) in [6, 6.07) is 3.88. The van der Waals surface area contributed by atoms with Crippen molar-refractivity contribution in [3.8, 4) is 11.5 Å².